The van der Waals surface area contributed by atoms with Gasteiger partial charge in [0.25, 0.3) is 0 Å². The summed E-state index contributed by atoms with van der Waals surface area (Å²) in [4.78, 5) is 12.6. The van der Waals surface area contributed by atoms with Crippen LogP contribution in [0.2, 0.25) is 0 Å². The Balaban J connectivity index is 2.76. The van der Waals surface area contributed by atoms with Crippen molar-refractivity contribution in [3.05, 3.63) is 29.6 Å². The summed E-state index contributed by atoms with van der Waals surface area (Å²) in [7, 11) is 1.67. The Morgan fingerprint density at radius 3 is 2.65 bits per heavy atom. The van der Waals surface area contributed by atoms with E-state index < -0.39 is 23.6 Å². The van der Waals surface area contributed by atoms with Crippen LogP contribution in [0.1, 0.15) is 18.9 Å². The SMILES string of the molecule is CCC(C(=O)O)N(C)Cc1ccc(O)c(F)c1. The molecule has 0 aliphatic heterocycles. The van der Waals surface area contributed by atoms with Crippen LogP contribution in [0.5, 0.6) is 5.75 Å². The van der Waals surface area contributed by atoms with Crippen LogP contribution < -0.4 is 0 Å². The third-order valence-corrected chi connectivity index (χ3v) is 2.65. The molecule has 1 rings (SSSR count). The van der Waals surface area contributed by atoms with Crippen LogP contribution in [0.3, 0.4) is 0 Å². The first kappa shape index (κ1) is 13.4. The molecule has 0 aromatic heterocycles. The van der Waals surface area contributed by atoms with E-state index in [1.165, 1.54) is 12.1 Å². The molecule has 1 aromatic carbocycles. The van der Waals surface area contributed by atoms with Crippen molar-refractivity contribution in [1.82, 2.24) is 4.90 Å². The molecular formula is C12H16FNO3. The summed E-state index contributed by atoms with van der Waals surface area (Å²) in [6, 6.07) is 3.45. The number of carboxylic acids is 1. The standard InChI is InChI=1S/C12H16FNO3/c1-3-10(12(16)17)14(2)7-8-4-5-11(15)9(13)6-8/h4-6,10,15H,3,7H2,1-2H3,(H,16,17). The topological polar surface area (TPSA) is 60.8 Å². The molecule has 0 bridgehead atoms. The van der Waals surface area contributed by atoms with E-state index in [1.54, 1.807) is 24.9 Å². The highest BCUT2D eigenvalue weighted by Crippen LogP contribution is 2.18. The van der Waals surface area contributed by atoms with Crippen LogP contribution in [-0.4, -0.2) is 34.2 Å². The zero-order valence-electron chi connectivity index (χ0n) is 9.85. The van der Waals surface area contributed by atoms with Crippen molar-refractivity contribution >= 4 is 5.97 Å². The highest BCUT2D eigenvalue weighted by atomic mass is 19.1. The third kappa shape index (κ3) is 3.42. The minimum atomic E-state index is -0.894. The number of hydrogen-bond donors (Lipinski definition) is 2. The van der Waals surface area contributed by atoms with Gasteiger partial charge in [0.2, 0.25) is 0 Å². The lowest BCUT2D eigenvalue weighted by Crippen LogP contribution is -2.37. The Morgan fingerprint density at radius 1 is 1.53 bits per heavy atom. The molecule has 0 radical (unpaired) electrons. The summed E-state index contributed by atoms with van der Waals surface area (Å²) >= 11 is 0. The number of rotatable bonds is 5. The van der Waals surface area contributed by atoms with Gasteiger partial charge in [0.15, 0.2) is 11.6 Å². The molecule has 0 saturated heterocycles. The number of carbonyl (C=O) groups is 1. The lowest BCUT2D eigenvalue weighted by molar-refractivity contribution is -0.143. The van der Waals surface area contributed by atoms with Gasteiger partial charge in [-0.05, 0) is 31.2 Å². The predicted octanol–water partition coefficient (Wildman–Crippen LogP) is 1.83. The molecule has 1 unspecified atom stereocenters. The third-order valence-electron chi connectivity index (χ3n) is 2.65. The molecule has 0 spiro atoms. The van der Waals surface area contributed by atoms with E-state index in [1.807, 2.05) is 0 Å². The molecular weight excluding hydrogens is 225 g/mol. The van der Waals surface area contributed by atoms with Gasteiger partial charge in [-0.15, -0.1) is 0 Å². The van der Waals surface area contributed by atoms with Crippen LogP contribution in [0.25, 0.3) is 0 Å². The lowest BCUT2D eigenvalue weighted by Gasteiger charge is -2.23. The van der Waals surface area contributed by atoms with E-state index in [-0.39, 0.29) is 0 Å². The first-order chi connectivity index (χ1) is 7.95. The number of hydrogen-bond acceptors (Lipinski definition) is 3. The van der Waals surface area contributed by atoms with Gasteiger partial charge in [-0.2, -0.15) is 0 Å². The smallest absolute Gasteiger partial charge is 0.320 e. The van der Waals surface area contributed by atoms with E-state index in [9.17, 15) is 9.18 Å². The molecule has 1 atom stereocenters. The van der Waals surface area contributed by atoms with Crippen LogP contribution in [0.15, 0.2) is 18.2 Å². The van der Waals surface area contributed by atoms with Gasteiger partial charge in [-0.3, -0.25) is 9.69 Å². The number of phenols is 1. The van der Waals surface area contributed by atoms with Crippen molar-refractivity contribution in [2.45, 2.75) is 25.9 Å². The maximum absolute atomic E-state index is 13.1. The van der Waals surface area contributed by atoms with Gasteiger partial charge in [0, 0.05) is 6.54 Å². The van der Waals surface area contributed by atoms with Crippen molar-refractivity contribution in [1.29, 1.82) is 0 Å². The Hall–Kier alpha value is -1.62. The van der Waals surface area contributed by atoms with E-state index in [4.69, 9.17) is 10.2 Å². The zero-order valence-corrected chi connectivity index (χ0v) is 9.85. The fourth-order valence-corrected chi connectivity index (χ4v) is 1.72. The van der Waals surface area contributed by atoms with E-state index >= 15 is 0 Å². The summed E-state index contributed by atoms with van der Waals surface area (Å²) in [6.07, 6.45) is 0.479. The quantitative estimate of drug-likeness (QED) is 0.825. The molecule has 0 amide bonds. The molecule has 0 aliphatic rings. The van der Waals surface area contributed by atoms with Gasteiger partial charge in [-0.1, -0.05) is 13.0 Å². The molecule has 4 nitrogen and oxygen atoms in total. The molecule has 0 saturated carbocycles. The summed E-state index contributed by atoms with van der Waals surface area (Å²) in [5, 5.41) is 18.0. The average Bonchev–Trinajstić information content (AvgIpc) is 2.24. The summed E-state index contributed by atoms with van der Waals surface area (Å²) in [6.45, 7) is 2.11. The predicted molar refractivity (Wildman–Crippen MR) is 61.2 cm³/mol. The van der Waals surface area contributed by atoms with Crippen LogP contribution in [0.4, 0.5) is 4.39 Å². The second-order valence-electron chi connectivity index (χ2n) is 3.96. The monoisotopic (exact) mass is 241 g/mol. The molecule has 94 valence electrons. The number of nitrogens with zero attached hydrogens (tertiary/aromatic N) is 1. The van der Waals surface area contributed by atoms with E-state index in [0.717, 1.165) is 0 Å². The van der Waals surface area contributed by atoms with E-state index in [0.29, 0.717) is 18.5 Å². The molecule has 17 heavy (non-hydrogen) atoms. The second kappa shape index (κ2) is 5.63. The number of aliphatic carboxylic acids is 1. The van der Waals surface area contributed by atoms with Crippen molar-refractivity contribution in [3.8, 4) is 5.75 Å². The zero-order chi connectivity index (χ0) is 13.0. The number of likely N-dealkylation sites (N-methyl/N-ethyl adjacent to an activating group) is 1. The molecule has 0 aliphatic carbocycles. The molecule has 1 aromatic rings. The minimum Gasteiger partial charge on any atom is -0.505 e. The largest absolute Gasteiger partial charge is 0.505 e. The Bertz CT molecular complexity index is 409. The van der Waals surface area contributed by atoms with Gasteiger partial charge in [-0.25, -0.2) is 4.39 Å². The van der Waals surface area contributed by atoms with Crippen LogP contribution in [-0.2, 0) is 11.3 Å². The Kier molecular flexibility index (Phi) is 4.45. The fraction of sp³-hybridized carbons (Fsp3) is 0.417. The van der Waals surface area contributed by atoms with Gasteiger partial charge >= 0.3 is 5.97 Å². The summed E-state index contributed by atoms with van der Waals surface area (Å²) in [5.74, 6) is -1.99. The highest BCUT2D eigenvalue weighted by molar-refractivity contribution is 5.73. The fourth-order valence-electron chi connectivity index (χ4n) is 1.72. The van der Waals surface area contributed by atoms with Crippen LogP contribution >= 0.6 is 0 Å². The van der Waals surface area contributed by atoms with Crippen molar-refractivity contribution in [2.24, 2.45) is 0 Å². The maximum Gasteiger partial charge on any atom is 0.320 e. The molecule has 0 heterocycles. The van der Waals surface area contributed by atoms with Crippen LogP contribution in [0, 0.1) is 5.82 Å². The minimum absolute atomic E-state index is 0.321. The summed E-state index contributed by atoms with van der Waals surface area (Å²) < 4.78 is 13.1. The number of carboxylic acid groups (broad SMARTS) is 1. The first-order valence-electron chi connectivity index (χ1n) is 5.36. The lowest BCUT2D eigenvalue weighted by atomic mass is 10.1. The van der Waals surface area contributed by atoms with Crippen molar-refractivity contribution in [3.63, 3.8) is 0 Å². The number of benzene rings is 1. The Labute approximate surface area is 99.3 Å². The maximum atomic E-state index is 13.1. The average molecular weight is 241 g/mol. The first-order valence-corrected chi connectivity index (χ1v) is 5.36. The highest BCUT2D eigenvalue weighted by Gasteiger charge is 2.20. The van der Waals surface area contributed by atoms with E-state index in [2.05, 4.69) is 0 Å². The Morgan fingerprint density at radius 2 is 2.18 bits per heavy atom. The van der Waals surface area contributed by atoms with Gasteiger partial charge < -0.3 is 10.2 Å². The molecule has 5 heteroatoms. The molecule has 0 fully saturated rings. The normalized spacial score (nSPS) is 12.7. The van der Waals surface area contributed by atoms with Crippen molar-refractivity contribution in [2.75, 3.05) is 7.05 Å². The van der Waals surface area contributed by atoms with Gasteiger partial charge in [0.1, 0.15) is 6.04 Å². The van der Waals surface area contributed by atoms with Crippen molar-refractivity contribution < 1.29 is 19.4 Å². The number of phenolic OH excluding ortho intramolecular Hbond substituents is 1. The molecule has 2 N–H and O–H groups in total. The second-order valence-corrected chi connectivity index (χ2v) is 3.96. The summed E-state index contributed by atoms with van der Waals surface area (Å²) in [5.41, 5.74) is 0.627. The number of aromatic hydroxyl groups is 1. The van der Waals surface area contributed by atoms with Gasteiger partial charge in [0.05, 0.1) is 0 Å². The number of halogens is 1.